The van der Waals surface area contributed by atoms with Gasteiger partial charge in [0.2, 0.25) is 0 Å². The fraction of sp³-hybridized carbons (Fsp3) is 0.857. The van der Waals surface area contributed by atoms with Crippen molar-refractivity contribution in [1.29, 1.82) is 0 Å². The first-order valence-electron chi connectivity index (χ1n) is 6.40. The minimum Gasteiger partial charge on any atom is -0.396 e. The minimum absolute atomic E-state index is 0.0113. The molecule has 0 unspecified atom stereocenters. The molecular weight excluding hydrogens is 232 g/mol. The Balaban J connectivity index is 2.90. The zero-order valence-corrected chi connectivity index (χ0v) is 11.8. The highest BCUT2D eigenvalue weighted by Crippen LogP contribution is 2.49. The second kappa shape index (κ2) is 6.15. The van der Waals surface area contributed by atoms with Gasteiger partial charge >= 0.3 is 0 Å². The lowest BCUT2D eigenvalue weighted by molar-refractivity contribution is -0.132. The quantitative estimate of drug-likeness (QED) is 0.580. The van der Waals surface area contributed by atoms with E-state index in [0.29, 0.717) is 12.8 Å². The van der Waals surface area contributed by atoms with Crippen LogP contribution in [-0.2, 0) is 9.47 Å². The molecule has 3 atom stereocenters. The van der Waals surface area contributed by atoms with Gasteiger partial charge in [0.05, 0.1) is 6.10 Å². The lowest BCUT2D eigenvalue weighted by atomic mass is 9.58. The van der Waals surface area contributed by atoms with Gasteiger partial charge in [0.25, 0.3) is 0 Å². The van der Waals surface area contributed by atoms with Gasteiger partial charge in [0, 0.05) is 33.2 Å². The van der Waals surface area contributed by atoms with E-state index in [1.165, 1.54) is 0 Å². The summed E-state index contributed by atoms with van der Waals surface area (Å²) in [4.78, 5) is 0. The molecule has 0 aromatic rings. The Morgan fingerprint density at radius 1 is 1.39 bits per heavy atom. The summed E-state index contributed by atoms with van der Waals surface area (Å²) >= 11 is 0. The molecular formula is C14H26O4. The van der Waals surface area contributed by atoms with E-state index < -0.39 is 6.10 Å². The zero-order valence-electron chi connectivity index (χ0n) is 11.8. The van der Waals surface area contributed by atoms with E-state index in [4.69, 9.17) is 9.47 Å². The van der Waals surface area contributed by atoms with E-state index in [1.54, 1.807) is 14.2 Å². The number of aliphatic hydroxyl groups is 2. The van der Waals surface area contributed by atoms with Crippen molar-refractivity contribution in [3.05, 3.63) is 12.2 Å². The van der Waals surface area contributed by atoms with Crippen molar-refractivity contribution in [1.82, 2.24) is 0 Å². The molecule has 1 saturated carbocycles. The van der Waals surface area contributed by atoms with Crippen molar-refractivity contribution in [3.63, 3.8) is 0 Å². The SMILES string of the molecule is C=C1C[C@H](O)[C@@H](CO)C(C)(C)[C@H]1CC(OC)OC. The first kappa shape index (κ1) is 15.6. The summed E-state index contributed by atoms with van der Waals surface area (Å²) < 4.78 is 10.5. The number of methoxy groups -OCH3 is 2. The topological polar surface area (TPSA) is 58.9 Å². The number of aliphatic hydroxyl groups excluding tert-OH is 2. The molecule has 0 radical (unpaired) electrons. The van der Waals surface area contributed by atoms with Crippen LogP contribution in [0.4, 0.5) is 0 Å². The van der Waals surface area contributed by atoms with Crippen LogP contribution >= 0.6 is 0 Å². The van der Waals surface area contributed by atoms with Crippen LogP contribution in [0.1, 0.15) is 26.7 Å². The highest BCUT2D eigenvalue weighted by Gasteiger charge is 2.46. The summed E-state index contributed by atoms with van der Waals surface area (Å²) in [6.07, 6.45) is 0.444. The summed E-state index contributed by atoms with van der Waals surface area (Å²) in [7, 11) is 3.23. The Hall–Kier alpha value is -0.420. The molecule has 0 saturated heterocycles. The average molecular weight is 258 g/mol. The van der Waals surface area contributed by atoms with Crippen LogP contribution in [0.3, 0.4) is 0 Å². The summed E-state index contributed by atoms with van der Waals surface area (Å²) in [5.74, 6) is 0.0327. The second-order valence-corrected chi connectivity index (χ2v) is 5.73. The van der Waals surface area contributed by atoms with Crippen molar-refractivity contribution in [2.45, 2.75) is 39.1 Å². The van der Waals surface area contributed by atoms with E-state index in [0.717, 1.165) is 5.57 Å². The van der Waals surface area contributed by atoms with Gasteiger partial charge in [-0.2, -0.15) is 0 Å². The van der Waals surface area contributed by atoms with E-state index in [-0.39, 0.29) is 30.1 Å². The van der Waals surface area contributed by atoms with Crippen LogP contribution in [0.2, 0.25) is 0 Å². The molecule has 18 heavy (non-hydrogen) atoms. The maximum atomic E-state index is 10.1. The Bertz CT molecular complexity index is 284. The first-order chi connectivity index (χ1) is 8.38. The number of ether oxygens (including phenoxy) is 2. The van der Waals surface area contributed by atoms with Gasteiger partial charge in [-0.1, -0.05) is 26.0 Å². The molecule has 2 N–H and O–H groups in total. The van der Waals surface area contributed by atoms with Crippen molar-refractivity contribution >= 4 is 0 Å². The summed E-state index contributed by atoms with van der Waals surface area (Å²) in [6.45, 7) is 8.20. The standard InChI is InChI=1S/C14H26O4/c1-9-6-12(16)11(8-15)14(2,3)10(9)7-13(17-4)18-5/h10-13,15-16H,1,6-8H2,2-5H3/t10-,11+,12-/m0/s1. The van der Waals surface area contributed by atoms with Crippen molar-refractivity contribution in [3.8, 4) is 0 Å². The molecule has 0 spiro atoms. The Morgan fingerprint density at radius 2 is 1.94 bits per heavy atom. The van der Waals surface area contributed by atoms with Crippen LogP contribution in [0.15, 0.2) is 12.2 Å². The van der Waals surface area contributed by atoms with E-state index in [9.17, 15) is 10.2 Å². The molecule has 1 aliphatic carbocycles. The molecule has 0 aromatic heterocycles. The van der Waals surface area contributed by atoms with E-state index >= 15 is 0 Å². The van der Waals surface area contributed by atoms with E-state index in [1.807, 2.05) is 0 Å². The first-order valence-corrected chi connectivity index (χ1v) is 6.40. The third-order valence-electron chi connectivity index (χ3n) is 4.43. The molecule has 1 fully saturated rings. The average Bonchev–Trinajstić information content (AvgIpc) is 2.28. The molecule has 1 aliphatic rings. The lowest BCUT2D eigenvalue weighted by Crippen LogP contribution is -2.48. The van der Waals surface area contributed by atoms with Gasteiger partial charge in [-0.25, -0.2) is 0 Å². The largest absolute Gasteiger partial charge is 0.396 e. The number of hydrogen-bond acceptors (Lipinski definition) is 4. The van der Waals surface area contributed by atoms with Crippen LogP contribution in [0.5, 0.6) is 0 Å². The number of hydrogen-bond donors (Lipinski definition) is 2. The maximum Gasteiger partial charge on any atom is 0.157 e. The van der Waals surface area contributed by atoms with Crippen LogP contribution < -0.4 is 0 Å². The molecule has 0 aliphatic heterocycles. The van der Waals surface area contributed by atoms with E-state index in [2.05, 4.69) is 20.4 Å². The predicted octanol–water partition coefficient (Wildman–Crippen LogP) is 1.57. The molecule has 4 heteroatoms. The fourth-order valence-electron chi connectivity index (χ4n) is 3.14. The van der Waals surface area contributed by atoms with Crippen molar-refractivity contribution < 1.29 is 19.7 Å². The highest BCUT2D eigenvalue weighted by atomic mass is 16.7. The number of rotatable bonds is 5. The van der Waals surface area contributed by atoms with Gasteiger partial charge in [0.15, 0.2) is 6.29 Å². The third kappa shape index (κ3) is 2.94. The van der Waals surface area contributed by atoms with Gasteiger partial charge in [-0.05, 0) is 17.8 Å². The second-order valence-electron chi connectivity index (χ2n) is 5.73. The van der Waals surface area contributed by atoms with Gasteiger partial charge in [-0.15, -0.1) is 0 Å². The molecule has 1 rings (SSSR count). The zero-order chi connectivity index (χ0) is 13.9. The molecule has 106 valence electrons. The fourth-order valence-corrected chi connectivity index (χ4v) is 3.14. The lowest BCUT2D eigenvalue weighted by Gasteiger charge is -2.48. The van der Waals surface area contributed by atoms with Crippen LogP contribution in [-0.4, -0.2) is 43.4 Å². The Kier molecular flexibility index (Phi) is 5.34. The Labute approximate surface area is 110 Å². The predicted molar refractivity (Wildman–Crippen MR) is 70.0 cm³/mol. The monoisotopic (exact) mass is 258 g/mol. The molecule has 0 amide bonds. The molecule has 4 nitrogen and oxygen atoms in total. The molecule has 0 bridgehead atoms. The van der Waals surface area contributed by atoms with Gasteiger partial charge in [0.1, 0.15) is 0 Å². The van der Waals surface area contributed by atoms with Crippen LogP contribution in [0.25, 0.3) is 0 Å². The smallest absolute Gasteiger partial charge is 0.157 e. The van der Waals surface area contributed by atoms with Crippen molar-refractivity contribution in [2.24, 2.45) is 17.3 Å². The van der Waals surface area contributed by atoms with Crippen LogP contribution in [0, 0.1) is 17.3 Å². The molecule has 0 heterocycles. The maximum absolute atomic E-state index is 10.1. The van der Waals surface area contributed by atoms with Gasteiger partial charge in [-0.3, -0.25) is 0 Å². The normalized spacial score (nSPS) is 31.9. The highest BCUT2D eigenvalue weighted by molar-refractivity contribution is 5.14. The van der Waals surface area contributed by atoms with Gasteiger partial charge < -0.3 is 19.7 Å². The summed E-state index contributed by atoms with van der Waals surface area (Å²) in [6, 6.07) is 0. The van der Waals surface area contributed by atoms with Crippen molar-refractivity contribution in [2.75, 3.05) is 20.8 Å². The molecule has 0 aromatic carbocycles. The summed E-state index contributed by atoms with van der Waals surface area (Å²) in [5.41, 5.74) is 0.787. The Morgan fingerprint density at radius 3 is 2.39 bits per heavy atom. The summed E-state index contributed by atoms with van der Waals surface area (Å²) in [5, 5.41) is 19.6. The minimum atomic E-state index is -0.516. The third-order valence-corrected chi connectivity index (χ3v) is 4.43.